The van der Waals surface area contributed by atoms with Gasteiger partial charge in [0.1, 0.15) is 5.70 Å². The van der Waals surface area contributed by atoms with Gasteiger partial charge in [0.05, 0.1) is 18.3 Å². The number of carbonyl (C=O) groups excluding carboxylic acids is 2. The summed E-state index contributed by atoms with van der Waals surface area (Å²) in [6.07, 6.45) is 2.59. The molecule has 0 saturated carbocycles. The fourth-order valence-electron chi connectivity index (χ4n) is 1.74. The number of nitrogens with one attached hydrogen (secondary N) is 1. The predicted octanol–water partition coefficient (Wildman–Crippen LogP) is 2.13. The van der Waals surface area contributed by atoms with Gasteiger partial charge in [0.2, 0.25) is 0 Å². The van der Waals surface area contributed by atoms with Crippen molar-refractivity contribution in [1.29, 1.82) is 0 Å². The fourth-order valence-corrected chi connectivity index (χ4v) is 1.74. The lowest BCUT2D eigenvalue weighted by Crippen LogP contribution is -2.27. The molecule has 0 fully saturated rings. The molecule has 118 valence electrons. The zero-order valence-electron chi connectivity index (χ0n) is 12.0. The van der Waals surface area contributed by atoms with E-state index in [1.165, 1.54) is 42.7 Å². The molecule has 23 heavy (non-hydrogen) atoms. The third-order valence-corrected chi connectivity index (χ3v) is 2.79. The van der Waals surface area contributed by atoms with Crippen LogP contribution in [0.1, 0.15) is 16.1 Å². The van der Waals surface area contributed by atoms with Crippen LogP contribution in [0.2, 0.25) is 0 Å². The molecule has 2 aromatic rings. The Bertz CT molecular complexity index is 764. The van der Waals surface area contributed by atoms with Crippen molar-refractivity contribution in [2.24, 2.45) is 0 Å². The van der Waals surface area contributed by atoms with Crippen molar-refractivity contribution in [3.05, 3.63) is 69.8 Å². The van der Waals surface area contributed by atoms with Crippen LogP contribution in [-0.2, 0) is 9.53 Å². The highest BCUT2D eigenvalue weighted by atomic mass is 16.6. The molecular formula is C15H12N2O6. The van der Waals surface area contributed by atoms with E-state index in [1.54, 1.807) is 6.07 Å². The molecule has 0 unspecified atom stereocenters. The van der Waals surface area contributed by atoms with Gasteiger partial charge >= 0.3 is 5.97 Å². The Balaban J connectivity index is 2.31. The standard InChI is InChI=1S/C15H12N2O6/c1-22-15(19)12(16-14(18)13-6-3-7-23-13)9-10-4-2-5-11(8-10)17(20)21/h2-9H,1H3,(H,16,18)/b12-9-. The van der Waals surface area contributed by atoms with E-state index in [1.807, 2.05) is 0 Å². The number of benzene rings is 1. The maximum atomic E-state index is 11.9. The van der Waals surface area contributed by atoms with Crippen LogP contribution < -0.4 is 5.32 Å². The first-order valence-corrected chi connectivity index (χ1v) is 6.40. The zero-order valence-corrected chi connectivity index (χ0v) is 12.0. The summed E-state index contributed by atoms with van der Waals surface area (Å²) < 4.78 is 9.52. The van der Waals surface area contributed by atoms with Crippen LogP contribution in [0.25, 0.3) is 6.08 Å². The minimum absolute atomic E-state index is 0.0128. The van der Waals surface area contributed by atoms with Gasteiger partial charge in [-0.2, -0.15) is 0 Å². The number of non-ortho nitro benzene ring substituents is 1. The van der Waals surface area contributed by atoms with E-state index in [-0.39, 0.29) is 17.1 Å². The van der Waals surface area contributed by atoms with Gasteiger partial charge in [-0.05, 0) is 23.8 Å². The molecule has 0 aliphatic heterocycles. The SMILES string of the molecule is COC(=O)/C(=C/c1cccc([N+](=O)[O-])c1)NC(=O)c1ccco1. The number of nitro groups is 1. The minimum Gasteiger partial charge on any atom is -0.464 e. The molecule has 0 spiro atoms. The third kappa shape index (κ3) is 4.03. The largest absolute Gasteiger partial charge is 0.464 e. The molecule has 1 aromatic carbocycles. The van der Waals surface area contributed by atoms with Crippen LogP contribution >= 0.6 is 0 Å². The second-order valence-corrected chi connectivity index (χ2v) is 4.33. The van der Waals surface area contributed by atoms with Crippen LogP contribution in [0, 0.1) is 10.1 Å². The lowest BCUT2D eigenvalue weighted by atomic mass is 10.1. The van der Waals surface area contributed by atoms with E-state index in [0.29, 0.717) is 5.56 Å². The van der Waals surface area contributed by atoms with Crippen molar-refractivity contribution in [2.75, 3.05) is 7.11 Å². The number of hydrogen-bond acceptors (Lipinski definition) is 6. The summed E-state index contributed by atoms with van der Waals surface area (Å²) in [5.41, 5.74) is 0.0501. The number of esters is 1. The van der Waals surface area contributed by atoms with Crippen molar-refractivity contribution in [1.82, 2.24) is 5.32 Å². The smallest absolute Gasteiger partial charge is 0.354 e. The van der Waals surface area contributed by atoms with Gasteiger partial charge in [0.15, 0.2) is 5.76 Å². The van der Waals surface area contributed by atoms with Crippen molar-refractivity contribution in [3.8, 4) is 0 Å². The van der Waals surface area contributed by atoms with E-state index in [9.17, 15) is 19.7 Å². The number of ether oxygens (including phenoxy) is 1. The maximum absolute atomic E-state index is 11.9. The molecular weight excluding hydrogens is 304 g/mol. The van der Waals surface area contributed by atoms with E-state index >= 15 is 0 Å². The van der Waals surface area contributed by atoms with Crippen molar-refractivity contribution in [3.63, 3.8) is 0 Å². The van der Waals surface area contributed by atoms with E-state index in [0.717, 1.165) is 7.11 Å². The topological polar surface area (TPSA) is 112 Å². The molecule has 0 aliphatic rings. The third-order valence-electron chi connectivity index (χ3n) is 2.79. The summed E-state index contributed by atoms with van der Waals surface area (Å²) in [6.45, 7) is 0. The van der Waals surface area contributed by atoms with Crippen molar-refractivity contribution < 1.29 is 23.7 Å². The highest BCUT2D eigenvalue weighted by Crippen LogP contribution is 2.16. The van der Waals surface area contributed by atoms with Crippen LogP contribution in [0.4, 0.5) is 5.69 Å². The number of nitro benzene ring substituents is 1. The lowest BCUT2D eigenvalue weighted by Gasteiger charge is -2.07. The monoisotopic (exact) mass is 316 g/mol. The molecule has 1 N–H and O–H groups in total. The van der Waals surface area contributed by atoms with Gasteiger partial charge in [0.25, 0.3) is 11.6 Å². The number of methoxy groups -OCH3 is 1. The number of carbonyl (C=O) groups is 2. The van der Waals surface area contributed by atoms with E-state index < -0.39 is 16.8 Å². The minimum atomic E-state index is -0.795. The molecule has 1 heterocycles. The fraction of sp³-hybridized carbons (Fsp3) is 0.0667. The van der Waals surface area contributed by atoms with Gasteiger partial charge < -0.3 is 14.5 Å². The summed E-state index contributed by atoms with van der Waals surface area (Å²) in [6, 6.07) is 8.55. The Morgan fingerprint density at radius 2 is 2.09 bits per heavy atom. The summed E-state index contributed by atoms with van der Waals surface area (Å²) >= 11 is 0. The predicted molar refractivity (Wildman–Crippen MR) is 79.3 cm³/mol. The number of amides is 1. The number of rotatable bonds is 5. The first-order chi connectivity index (χ1) is 11.0. The first-order valence-electron chi connectivity index (χ1n) is 6.40. The first kappa shape index (κ1) is 16.0. The molecule has 8 heteroatoms. The molecule has 0 saturated heterocycles. The van der Waals surface area contributed by atoms with Crippen LogP contribution in [-0.4, -0.2) is 23.9 Å². The molecule has 0 atom stereocenters. The molecule has 0 radical (unpaired) electrons. The average molecular weight is 316 g/mol. The van der Waals surface area contributed by atoms with Gasteiger partial charge in [-0.1, -0.05) is 12.1 Å². The lowest BCUT2D eigenvalue weighted by molar-refractivity contribution is -0.384. The van der Waals surface area contributed by atoms with Gasteiger partial charge in [0, 0.05) is 12.1 Å². The molecule has 2 rings (SSSR count). The summed E-state index contributed by atoms with van der Waals surface area (Å²) in [5.74, 6) is -1.42. The van der Waals surface area contributed by atoms with Crippen molar-refractivity contribution >= 4 is 23.6 Å². The van der Waals surface area contributed by atoms with E-state index in [4.69, 9.17) is 4.42 Å². The van der Waals surface area contributed by atoms with Gasteiger partial charge in [-0.3, -0.25) is 14.9 Å². The molecule has 0 aliphatic carbocycles. The quantitative estimate of drug-likeness (QED) is 0.391. The number of hydrogen-bond donors (Lipinski definition) is 1. The molecule has 8 nitrogen and oxygen atoms in total. The van der Waals surface area contributed by atoms with E-state index in [2.05, 4.69) is 10.1 Å². The highest BCUT2D eigenvalue weighted by Gasteiger charge is 2.17. The second kappa shape index (κ2) is 7.03. The normalized spacial score (nSPS) is 10.9. The van der Waals surface area contributed by atoms with Crippen molar-refractivity contribution in [2.45, 2.75) is 0 Å². The van der Waals surface area contributed by atoms with Gasteiger partial charge in [-0.15, -0.1) is 0 Å². The molecule has 1 aromatic heterocycles. The molecule has 1 amide bonds. The molecule has 0 bridgehead atoms. The van der Waals surface area contributed by atoms with Crippen LogP contribution in [0.3, 0.4) is 0 Å². The summed E-state index contributed by atoms with van der Waals surface area (Å²) in [5, 5.41) is 13.1. The van der Waals surface area contributed by atoms with Crippen LogP contribution in [0.5, 0.6) is 0 Å². The average Bonchev–Trinajstić information content (AvgIpc) is 3.08. The van der Waals surface area contributed by atoms with Crippen LogP contribution in [0.15, 0.2) is 52.8 Å². The summed E-state index contributed by atoms with van der Waals surface area (Å²) in [7, 11) is 1.16. The number of nitrogens with zero attached hydrogens (tertiary/aromatic N) is 1. The number of furan rings is 1. The summed E-state index contributed by atoms with van der Waals surface area (Å²) in [4.78, 5) is 33.9. The van der Waals surface area contributed by atoms with Gasteiger partial charge in [-0.25, -0.2) is 4.79 Å². The Kier molecular flexibility index (Phi) is 4.88. The zero-order chi connectivity index (χ0) is 16.8. The Morgan fingerprint density at radius 1 is 1.30 bits per heavy atom. The highest BCUT2D eigenvalue weighted by molar-refractivity contribution is 6.02. The Morgan fingerprint density at radius 3 is 2.70 bits per heavy atom. The second-order valence-electron chi connectivity index (χ2n) is 4.33. The maximum Gasteiger partial charge on any atom is 0.354 e. The Labute approximate surface area is 130 Å². The Hall–Kier alpha value is -3.42.